The van der Waals surface area contributed by atoms with Gasteiger partial charge in [0.15, 0.2) is 13.2 Å². The molecule has 142 valence electrons. The quantitative estimate of drug-likeness (QED) is 0.635. The summed E-state index contributed by atoms with van der Waals surface area (Å²) in [5.41, 5.74) is -0.582. The van der Waals surface area contributed by atoms with Crippen LogP contribution >= 0.6 is 0 Å². The van der Waals surface area contributed by atoms with Crippen LogP contribution in [-0.2, 0) is 15.1 Å². The molecule has 26 heavy (non-hydrogen) atoms. The number of rotatable bonds is 6. The molecule has 7 heteroatoms. The van der Waals surface area contributed by atoms with Crippen LogP contribution in [0.5, 0.6) is 0 Å². The van der Waals surface area contributed by atoms with E-state index in [9.17, 15) is 14.4 Å². The van der Waals surface area contributed by atoms with Crippen LogP contribution in [0, 0.1) is 0 Å². The minimum Gasteiger partial charge on any atom is -0.347 e. The van der Waals surface area contributed by atoms with Gasteiger partial charge in [0.05, 0.1) is 7.05 Å². The number of benzene rings is 1. The van der Waals surface area contributed by atoms with Crippen LogP contribution < -0.4 is 15.5 Å². The number of nitrogens with zero attached hydrogens (tertiary/aromatic N) is 1. The molecule has 0 saturated carbocycles. The Labute approximate surface area is 154 Å². The van der Waals surface area contributed by atoms with E-state index in [0.717, 1.165) is 10.5 Å². The molecule has 1 aliphatic rings. The van der Waals surface area contributed by atoms with Gasteiger partial charge in [-0.1, -0.05) is 37.3 Å². The molecular formula is C19H29N4O3+. The molecule has 7 nitrogen and oxygen atoms in total. The smallest absolute Gasteiger partial charge is 0.329 e. The molecule has 2 atom stereocenters. The number of carbonyl (C=O) groups is 3. The highest BCUT2D eigenvalue weighted by Crippen LogP contribution is 2.31. The zero-order chi connectivity index (χ0) is 19.5. The van der Waals surface area contributed by atoms with E-state index in [1.807, 2.05) is 58.0 Å². The summed E-state index contributed by atoms with van der Waals surface area (Å²) in [4.78, 5) is 39.5. The van der Waals surface area contributed by atoms with Gasteiger partial charge in [-0.25, -0.2) is 9.69 Å². The summed E-state index contributed by atoms with van der Waals surface area (Å²) in [6.45, 7) is 7.92. The Morgan fingerprint density at radius 3 is 2.38 bits per heavy atom. The number of likely N-dealkylation sites (N-methyl/N-ethyl adjacent to an activating group) is 1. The predicted octanol–water partition coefficient (Wildman–Crippen LogP) is 0.231. The molecule has 1 heterocycles. The summed E-state index contributed by atoms with van der Waals surface area (Å²) in [6.07, 6.45) is 0.460. The summed E-state index contributed by atoms with van der Waals surface area (Å²) < 4.78 is 0. The average Bonchev–Trinajstić information content (AvgIpc) is 2.79. The topological polar surface area (TPSA) is 82.9 Å². The molecule has 0 aliphatic carbocycles. The van der Waals surface area contributed by atoms with Gasteiger partial charge >= 0.3 is 6.03 Å². The highest BCUT2D eigenvalue weighted by atomic mass is 16.2. The number of hydrogen-bond donors (Lipinski definition) is 3. The molecule has 1 saturated heterocycles. The van der Waals surface area contributed by atoms with Crippen LogP contribution in [0.15, 0.2) is 30.3 Å². The first-order chi connectivity index (χ1) is 12.1. The van der Waals surface area contributed by atoms with Crippen LogP contribution in [0.25, 0.3) is 0 Å². The maximum absolute atomic E-state index is 13.0. The molecule has 3 N–H and O–H groups in total. The molecule has 2 rings (SSSR count). The van der Waals surface area contributed by atoms with E-state index in [0.29, 0.717) is 6.42 Å². The van der Waals surface area contributed by atoms with Gasteiger partial charge in [-0.2, -0.15) is 0 Å². The minimum atomic E-state index is -1.04. The van der Waals surface area contributed by atoms with E-state index in [4.69, 9.17) is 0 Å². The SMILES string of the molecule is CC[C@]1(c2ccccc2)NC(=O)N(C[NH+](C)CC(=O)NC(C)(C)C)C1=O. The second kappa shape index (κ2) is 7.45. The van der Waals surface area contributed by atoms with E-state index in [-0.39, 0.29) is 30.6 Å². The van der Waals surface area contributed by atoms with Gasteiger partial charge in [0, 0.05) is 5.54 Å². The second-order valence-electron chi connectivity index (χ2n) is 7.88. The summed E-state index contributed by atoms with van der Waals surface area (Å²) in [5.74, 6) is -0.390. The molecule has 0 aromatic heterocycles. The van der Waals surface area contributed by atoms with Crippen molar-refractivity contribution < 1.29 is 19.3 Å². The fourth-order valence-electron chi connectivity index (χ4n) is 3.19. The zero-order valence-corrected chi connectivity index (χ0v) is 16.2. The number of quaternary nitrogens is 1. The Kier molecular flexibility index (Phi) is 5.71. The summed E-state index contributed by atoms with van der Waals surface area (Å²) in [7, 11) is 1.79. The Balaban J connectivity index is 2.10. The van der Waals surface area contributed by atoms with Crippen LogP contribution in [0.3, 0.4) is 0 Å². The van der Waals surface area contributed by atoms with Crippen molar-refractivity contribution in [3.8, 4) is 0 Å². The standard InChI is InChI=1S/C19H28N4O3/c1-6-19(14-10-8-7-9-11-14)16(25)23(17(26)21-19)13-22(5)12-15(24)20-18(2,3)4/h7-11H,6,12-13H2,1-5H3,(H,20,24)(H,21,26)/p+1/t19-/m1/s1. The van der Waals surface area contributed by atoms with Gasteiger partial charge in [-0.15, -0.1) is 0 Å². The molecule has 1 aromatic carbocycles. The molecule has 1 unspecified atom stereocenters. The fourth-order valence-corrected chi connectivity index (χ4v) is 3.19. The Hall–Kier alpha value is -2.41. The maximum Gasteiger partial charge on any atom is 0.329 e. The van der Waals surface area contributed by atoms with Crippen molar-refractivity contribution in [3.05, 3.63) is 35.9 Å². The number of nitrogens with one attached hydrogen (secondary N) is 3. The molecule has 0 spiro atoms. The monoisotopic (exact) mass is 361 g/mol. The minimum absolute atomic E-state index is 0.119. The maximum atomic E-state index is 13.0. The highest BCUT2D eigenvalue weighted by Gasteiger charge is 2.52. The normalized spacial score (nSPS) is 21.5. The predicted molar refractivity (Wildman–Crippen MR) is 98.3 cm³/mol. The van der Waals surface area contributed by atoms with E-state index in [1.54, 1.807) is 7.05 Å². The Morgan fingerprint density at radius 1 is 1.23 bits per heavy atom. The lowest BCUT2D eigenvalue weighted by Crippen LogP contribution is -3.12. The first-order valence-electron chi connectivity index (χ1n) is 8.91. The first-order valence-corrected chi connectivity index (χ1v) is 8.91. The molecular weight excluding hydrogens is 332 g/mol. The van der Waals surface area contributed by atoms with Crippen molar-refractivity contribution in [3.63, 3.8) is 0 Å². The molecule has 1 fully saturated rings. The first kappa shape index (κ1) is 19.9. The largest absolute Gasteiger partial charge is 0.347 e. The zero-order valence-electron chi connectivity index (χ0n) is 16.2. The third-order valence-electron chi connectivity index (χ3n) is 4.38. The van der Waals surface area contributed by atoms with E-state index in [1.165, 1.54) is 4.90 Å². The number of amides is 4. The van der Waals surface area contributed by atoms with Crippen molar-refractivity contribution in [1.29, 1.82) is 0 Å². The number of urea groups is 1. The van der Waals surface area contributed by atoms with Crippen molar-refractivity contribution in [2.24, 2.45) is 0 Å². The van der Waals surface area contributed by atoms with Gasteiger partial charge < -0.3 is 15.5 Å². The molecule has 1 aliphatic heterocycles. The molecule has 4 amide bonds. The van der Waals surface area contributed by atoms with Crippen LogP contribution in [0.1, 0.15) is 39.7 Å². The Morgan fingerprint density at radius 2 is 1.85 bits per heavy atom. The Bertz CT molecular complexity index is 684. The number of carbonyl (C=O) groups excluding carboxylic acids is 3. The third-order valence-corrected chi connectivity index (χ3v) is 4.38. The summed E-state index contributed by atoms with van der Waals surface area (Å²) in [5, 5.41) is 5.74. The van der Waals surface area contributed by atoms with Gasteiger partial charge in [-0.05, 0) is 32.8 Å². The number of hydrogen-bond acceptors (Lipinski definition) is 3. The van der Waals surface area contributed by atoms with Crippen molar-refractivity contribution in [1.82, 2.24) is 15.5 Å². The average molecular weight is 361 g/mol. The van der Waals surface area contributed by atoms with Gasteiger partial charge in [0.1, 0.15) is 5.54 Å². The van der Waals surface area contributed by atoms with Gasteiger partial charge in [0.2, 0.25) is 0 Å². The second-order valence-corrected chi connectivity index (χ2v) is 7.88. The lowest BCUT2D eigenvalue weighted by Gasteiger charge is -2.26. The number of imide groups is 1. The van der Waals surface area contributed by atoms with Gasteiger partial charge in [-0.3, -0.25) is 9.59 Å². The summed E-state index contributed by atoms with van der Waals surface area (Å²) >= 11 is 0. The van der Waals surface area contributed by atoms with Crippen molar-refractivity contribution in [2.75, 3.05) is 20.3 Å². The third kappa shape index (κ3) is 4.22. The van der Waals surface area contributed by atoms with E-state index in [2.05, 4.69) is 10.6 Å². The van der Waals surface area contributed by atoms with Crippen molar-refractivity contribution in [2.45, 2.75) is 45.2 Å². The molecule has 0 bridgehead atoms. The van der Waals surface area contributed by atoms with Crippen molar-refractivity contribution >= 4 is 17.8 Å². The lowest BCUT2D eigenvalue weighted by molar-refractivity contribution is -0.879. The summed E-state index contributed by atoms with van der Waals surface area (Å²) in [6, 6.07) is 8.84. The van der Waals surface area contributed by atoms with E-state index >= 15 is 0 Å². The van der Waals surface area contributed by atoms with Crippen LogP contribution in [0.4, 0.5) is 4.79 Å². The molecule has 0 radical (unpaired) electrons. The fraction of sp³-hybridized carbons (Fsp3) is 0.526. The van der Waals surface area contributed by atoms with Crippen LogP contribution in [-0.4, -0.2) is 48.5 Å². The molecule has 1 aromatic rings. The lowest BCUT2D eigenvalue weighted by atomic mass is 9.87. The van der Waals surface area contributed by atoms with Crippen LogP contribution in [0.2, 0.25) is 0 Å². The van der Waals surface area contributed by atoms with Gasteiger partial charge in [0.25, 0.3) is 11.8 Å². The highest BCUT2D eigenvalue weighted by molar-refractivity contribution is 6.07. The van der Waals surface area contributed by atoms with E-state index < -0.39 is 11.6 Å².